The molecule has 4 rings (SSSR count). The highest BCUT2D eigenvalue weighted by Gasteiger charge is 2.40. The van der Waals surface area contributed by atoms with Crippen LogP contribution in [-0.2, 0) is 4.79 Å². The van der Waals surface area contributed by atoms with Crippen LogP contribution < -0.4 is 15.5 Å². The maximum absolute atomic E-state index is 12.8. The number of rotatable bonds is 6. The van der Waals surface area contributed by atoms with Gasteiger partial charge in [0.2, 0.25) is 5.91 Å². The van der Waals surface area contributed by atoms with Gasteiger partial charge in [0.05, 0.1) is 10.8 Å². The minimum Gasteiger partial charge on any atom is -0.369 e. The largest absolute Gasteiger partial charge is 0.369 e. The molecule has 0 aromatic heterocycles. The number of nitriles is 1. The highest BCUT2D eigenvalue weighted by atomic mass is 32.2. The third kappa shape index (κ3) is 5.23. The molecular weight excluding hydrogens is 404 g/mol. The molecule has 0 bridgehead atoms. The summed E-state index contributed by atoms with van der Waals surface area (Å²) >= 11 is 1.66. The molecule has 1 saturated carbocycles. The normalized spacial score (nSPS) is 18.2. The summed E-state index contributed by atoms with van der Waals surface area (Å²) in [5.41, 5.74) is 3.66. The van der Waals surface area contributed by atoms with Crippen molar-refractivity contribution in [3.05, 3.63) is 48.5 Å². The van der Waals surface area contributed by atoms with Crippen LogP contribution in [0.3, 0.4) is 0 Å². The number of thioether (sulfide) groups is 1. The highest BCUT2D eigenvalue weighted by molar-refractivity contribution is 8.01. The number of nitrogens with zero attached hydrogens (tertiary/aromatic N) is 2. The number of carbonyl (C=O) groups is 1. The fourth-order valence-corrected chi connectivity index (χ4v) is 5.89. The minimum atomic E-state index is -0.457. The van der Waals surface area contributed by atoms with E-state index in [4.69, 9.17) is 5.26 Å². The summed E-state index contributed by atoms with van der Waals surface area (Å²) in [4.78, 5) is 16.4. The van der Waals surface area contributed by atoms with Gasteiger partial charge in [-0.15, -0.1) is 11.8 Å². The van der Waals surface area contributed by atoms with Crippen molar-refractivity contribution in [3.63, 3.8) is 0 Å². The first kappa shape index (κ1) is 21.7. The van der Waals surface area contributed by atoms with E-state index in [0.717, 1.165) is 56.8 Å². The predicted octanol–water partition coefficient (Wildman–Crippen LogP) is 4.20. The van der Waals surface area contributed by atoms with Crippen molar-refractivity contribution in [1.82, 2.24) is 10.6 Å². The number of hydrogen-bond donors (Lipinski definition) is 2. The van der Waals surface area contributed by atoms with Crippen molar-refractivity contribution in [2.75, 3.05) is 37.6 Å². The molecule has 1 heterocycles. The number of carbonyl (C=O) groups excluding carboxylic acids is 1. The lowest BCUT2D eigenvalue weighted by Crippen LogP contribution is -2.45. The summed E-state index contributed by atoms with van der Waals surface area (Å²) < 4.78 is -0.457. The van der Waals surface area contributed by atoms with Crippen LogP contribution in [-0.4, -0.2) is 43.4 Å². The van der Waals surface area contributed by atoms with Crippen molar-refractivity contribution < 1.29 is 4.79 Å². The molecule has 1 amide bonds. The van der Waals surface area contributed by atoms with Gasteiger partial charge in [-0.2, -0.15) is 5.26 Å². The summed E-state index contributed by atoms with van der Waals surface area (Å²) in [6, 6.07) is 19.4. The molecule has 0 unspecified atom stereocenters. The second-order valence-corrected chi connectivity index (χ2v) is 9.76. The van der Waals surface area contributed by atoms with Crippen LogP contribution in [0, 0.1) is 11.3 Å². The van der Waals surface area contributed by atoms with Gasteiger partial charge in [-0.25, -0.2) is 0 Å². The van der Waals surface area contributed by atoms with Crippen molar-refractivity contribution in [1.29, 1.82) is 5.26 Å². The Bertz CT molecular complexity index is 908. The Morgan fingerprint density at radius 1 is 1.00 bits per heavy atom. The molecule has 0 atom stereocenters. The Labute approximate surface area is 189 Å². The predicted molar refractivity (Wildman–Crippen MR) is 127 cm³/mol. The Morgan fingerprint density at radius 2 is 1.61 bits per heavy atom. The highest BCUT2D eigenvalue weighted by Crippen LogP contribution is 2.44. The number of hydrogen-bond acceptors (Lipinski definition) is 5. The molecule has 1 saturated heterocycles. The lowest BCUT2D eigenvalue weighted by molar-refractivity contribution is -0.124. The smallest absolute Gasteiger partial charge is 0.237 e. The van der Waals surface area contributed by atoms with E-state index in [2.05, 4.69) is 64.1 Å². The van der Waals surface area contributed by atoms with Crippen LogP contribution in [0.25, 0.3) is 11.1 Å². The van der Waals surface area contributed by atoms with E-state index in [0.29, 0.717) is 0 Å². The Balaban J connectivity index is 1.45. The maximum atomic E-state index is 12.8. The van der Waals surface area contributed by atoms with E-state index in [9.17, 15) is 4.79 Å². The van der Waals surface area contributed by atoms with Crippen LogP contribution in [0.2, 0.25) is 0 Å². The van der Waals surface area contributed by atoms with Gasteiger partial charge in [-0.3, -0.25) is 4.79 Å². The van der Waals surface area contributed by atoms with Crippen LogP contribution in [0.5, 0.6) is 0 Å². The van der Waals surface area contributed by atoms with Crippen molar-refractivity contribution in [2.45, 2.75) is 41.7 Å². The fraction of sp³-hybridized carbons (Fsp3) is 0.440. The second kappa shape index (κ2) is 10.2. The Kier molecular flexibility index (Phi) is 7.16. The molecule has 2 aromatic carbocycles. The molecule has 1 aliphatic heterocycles. The van der Waals surface area contributed by atoms with Gasteiger partial charge in [0, 0.05) is 36.8 Å². The first-order valence-corrected chi connectivity index (χ1v) is 12.0. The second-order valence-electron chi connectivity index (χ2n) is 8.31. The van der Waals surface area contributed by atoms with E-state index in [-0.39, 0.29) is 12.5 Å². The van der Waals surface area contributed by atoms with E-state index < -0.39 is 4.75 Å². The Morgan fingerprint density at radius 3 is 2.23 bits per heavy atom. The zero-order chi connectivity index (χ0) is 21.5. The van der Waals surface area contributed by atoms with Crippen LogP contribution in [0.1, 0.15) is 32.1 Å². The van der Waals surface area contributed by atoms with Gasteiger partial charge in [-0.05, 0) is 48.2 Å². The SMILES string of the molecule is N#CCNC(=O)C1(Sc2ccc(-c3ccc(N4CCNCC4)cc3)cc2)CCCCC1. The fourth-order valence-electron chi connectivity index (χ4n) is 4.51. The number of benzene rings is 2. The zero-order valence-electron chi connectivity index (χ0n) is 17.9. The maximum Gasteiger partial charge on any atom is 0.237 e. The van der Waals surface area contributed by atoms with Gasteiger partial charge in [0.1, 0.15) is 6.54 Å². The van der Waals surface area contributed by atoms with Crippen molar-refractivity contribution in [3.8, 4) is 17.2 Å². The molecule has 1 aliphatic carbocycles. The topological polar surface area (TPSA) is 68.2 Å². The van der Waals surface area contributed by atoms with Crippen LogP contribution >= 0.6 is 11.8 Å². The number of piperazine rings is 1. The van der Waals surface area contributed by atoms with E-state index >= 15 is 0 Å². The summed E-state index contributed by atoms with van der Waals surface area (Å²) in [5.74, 6) is 0.00586. The van der Waals surface area contributed by atoms with Crippen LogP contribution in [0.15, 0.2) is 53.4 Å². The molecule has 2 aliphatic rings. The third-order valence-corrected chi connectivity index (χ3v) is 7.75. The average Bonchev–Trinajstić information content (AvgIpc) is 2.84. The third-order valence-electron chi connectivity index (χ3n) is 6.25. The summed E-state index contributed by atoms with van der Waals surface area (Å²) in [6.45, 7) is 4.25. The lowest BCUT2D eigenvalue weighted by atomic mass is 9.87. The molecule has 0 spiro atoms. The lowest BCUT2D eigenvalue weighted by Gasteiger charge is -2.35. The Hall–Kier alpha value is -2.49. The van der Waals surface area contributed by atoms with Gasteiger partial charge in [0.15, 0.2) is 0 Å². The molecule has 31 heavy (non-hydrogen) atoms. The number of amides is 1. The standard InChI is InChI=1S/C25H30N4OS/c26-14-15-28-24(30)25(12-2-1-3-13-25)31-23-10-6-21(7-11-23)20-4-8-22(9-5-20)29-18-16-27-17-19-29/h4-11,27H,1-3,12-13,15-19H2,(H,28,30). The van der Waals surface area contributed by atoms with Gasteiger partial charge < -0.3 is 15.5 Å². The molecule has 2 N–H and O–H groups in total. The van der Waals surface area contributed by atoms with E-state index in [1.807, 2.05) is 6.07 Å². The number of nitrogens with one attached hydrogen (secondary N) is 2. The van der Waals surface area contributed by atoms with Crippen molar-refractivity contribution in [2.24, 2.45) is 0 Å². The molecule has 2 fully saturated rings. The molecule has 162 valence electrons. The first-order chi connectivity index (χ1) is 15.2. The van der Waals surface area contributed by atoms with E-state index in [1.165, 1.54) is 23.2 Å². The molecule has 0 radical (unpaired) electrons. The average molecular weight is 435 g/mol. The quantitative estimate of drug-likeness (QED) is 0.667. The summed E-state index contributed by atoms with van der Waals surface area (Å²) in [7, 11) is 0. The van der Waals surface area contributed by atoms with E-state index in [1.54, 1.807) is 11.8 Å². The summed E-state index contributed by atoms with van der Waals surface area (Å²) in [6.07, 6.45) is 5.03. The van der Waals surface area contributed by atoms with Crippen molar-refractivity contribution >= 4 is 23.4 Å². The summed E-state index contributed by atoms with van der Waals surface area (Å²) in [5, 5.41) is 15.0. The van der Waals surface area contributed by atoms with Gasteiger partial charge in [0.25, 0.3) is 0 Å². The monoisotopic (exact) mass is 434 g/mol. The molecular formula is C25H30N4OS. The van der Waals surface area contributed by atoms with Crippen LogP contribution in [0.4, 0.5) is 5.69 Å². The minimum absolute atomic E-state index is 0.00586. The molecule has 6 heteroatoms. The zero-order valence-corrected chi connectivity index (χ0v) is 18.7. The van der Waals surface area contributed by atoms with Gasteiger partial charge >= 0.3 is 0 Å². The molecule has 2 aromatic rings. The first-order valence-electron chi connectivity index (χ1n) is 11.2. The van der Waals surface area contributed by atoms with Gasteiger partial charge in [-0.1, -0.05) is 43.5 Å². The molecule has 5 nitrogen and oxygen atoms in total. The number of anilines is 1.